The van der Waals surface area contributed by atoms with Crippen LogP contribution in [0.15, 0.2) is 28.9 Å². The van der Waals surface area contributed by atoms with Gasteiger partial charge in [0.05, 0.1) is 11.4 Å². The van der Waals surface area contributed by atoms with Crippen molar-refractivity contribution in [1.29, 1.82) is 0 Å². The summed E-state index contributed by atoms with van der Waals surface area (Å²) in [6, 6.07) is -0.634. The van der Waals surface area contributed by atoms with Gasteiger partial charge in [0.1, 0.15) is 5.25 Å². The van der Waals surface area contributed by atoms with Crippen LogP contribution in [0.3, 0.4) is 0 Å². The van der Waals surface area contributed by atoms with Crippen molar-refractivity contribution >= 4 is 21.8 Å². The molecule has 2 amide bonds. The smallest absolute Gasteiger partial charge is 0.304 e. The number of hydrogen-bond acceptors (Lipinski definition) is 3. The Kier molecular flexibility index (Phi) is 2.88. The molecule has 6 nitrogen and oxygen atoms in total. The SMILES string of the molecule is CC(C)NS(=O)(=O)C1C=CC2=NC(=O)NC2=C1. The molecule has 0 aromatic rings. The van der Waals surface area contributed by atoms with Crippen molar-refractivity contribution in [2.24, 2.45) is 4.99 Å². The van der Waals surface area contributed by atoms with E-state index >= 15 is 0 Å². The van der Waals surface area contributed by atoms with Crippen LogP contribution in [0, 0.1) is 0 Å². The molecule has 0 radical (unpaired) electrons. The monoisotopic (exact) mass is 255 g/mol. The molecule has 7 heteroatoms. The lowest BCUT2D eigenvalue weighted by molar-refractivity contribution is 0.253. The highest BCUT2D eigenvalue weighted by Gasteiger charge is 2.28. The molecule has 0 spiro atoms. The van der Waals surface area contributed by atoms with Gasteiger partial charge in [-0.2, -0.15) is 4.99 Å². The number of hydrogen-bond donors (Lipinski definition) is 2. The van der Waals surface area contributed by atoms with Crippen LogP contribution in [-0.2, 0) is 10.0 Å². The lowest BCUT2D eigenvalue weighted by Gasteiger charge is -2.17. The van der Waals surface area contributed by atoms with Crippen LogP contribution in [-0.4, -0.2) is 31.5 Å². The van der Waals surface area contributed by atoms with Crippen LogP contribution in [0.4, 0.5) is 4.79 Å². The number of amides is 2. The minimum absolute atomic E-state index is 0.167. The summed E-state index contributed by atoms with van der Waals surface area (Å²) in [5.41, 5.74) is 0.933. The summed E-state index contributed by atoms with van der Waals surface area (Å²) >= 11 is 0. The molecule has 0 bridgehead atoms. The van der Waals surface area contributed by atoms with E-state index in [1.54, 1.807) is 13.8 Å². The summed E-state index contributed by atoms with van der Waals surface area (Å²) in [7, 11) is -3.46. The first kappa shape index (κ1) is 12.0. The van der Waals surface area contributed by atoms with Crippen molar-refractivity contribution in [3.8, 4) is 0 Å². The maximum atomic E-state index is 11.9. The van der Waals surface area contributed by atoms with Gasteiger partial charge in [-0.05, 0) is 26.0 Å². The van der Waals surface area contributed by atoms with E-state index in [1.807, 2.05) is 0 Å². The fraction of sp³-hybridized carbons (Fsp3) is 0.400. The predicted molar refractivity (Wildman–Crippen MR) is 64.2 cm³/mol. The molecule has 1 aliphatic heterocycles. The molecule has 0 aromatic heterocycles. The zero-order valence-corrected chi connectivity index (χ0v) is 10.3. The standard InChI is InChI=1S/C10H13N3O3S/c1-6(2)13-17(15,16)7-3-4-8-9(5-7)12-10(14)11-8/h3-7,13H,1-2H3,(H,12,14). The highest BCUT2D eigenvalue weighted by atomic mass is 32.2. The molecular formula is C10H13N3O3S. The first-order valence-electron chi connectivity index (χ1n) is 5.20. The summed E-state index contributed by atoms with van der Waals surface area (Å²) in [6.07, 6.45) is 4.53. The Morgan fingerprint density at radius 1 is 1.47 bits per heavy atom. The Morgan fingerprint density at radius 2 is 2.18 bits per heavy atom. The number of fused-ring (bicyclic) bond motifs is 1. The van der Waals surface area contributed by atoms with Gasteiger partial charge in [0, 0.05) is 6.04 Å². The minimum atomic E-state index is -3.46. The fourth-order valence-electron chi connectivity index (χ4n) is 1.64. The van der Waals surface area contributed by atoms with E-state index < -0.39 is 21.3 Å². The number of sulfonamides is 1. The van der Waals surface area contributed by atoms with Crippen LogP contribution in [0.5, 0.6) is 0 Å². The highest BCUT2D eigenvalue weighted by molar-refractivity contribution is 7.90. The number of carbonyl (C=O) groups is 1. The highest BCUT2D eigenvalue weighted by Crippen LogP contribution is 2.17. The Labute approximate surface area is 99.6 Å². The topological polar surface area (TPSA) is 87.6 Å². The number of carbonyl (C=O) groups excluding carboxylic acids is 1. The summed E-state index contributed by atoms with van der Waals surface area (Å²) in [4.78, 5) is 14.7. The molecule has 1 heterocycles. The van der Waals surface area contributed by atoms with Crippen molar-refractivity contribution in [1.82, 2.24) is 10.0 Å². The molecule has 92 valence electrons. The zero-order valence-electron chi connectivity index (χ0n) is 9.47. The molecule has 0 aromatic carbocycles. The lowest BCUT2D eigenvalue weighted by Crippen LogP contribution is -2.38. The van der Waals surface area contributed by atoms with Gasteiger partial charge in [0.25, 0.3) is 0 Å². The summed E-state index contributed by atoms with van der Waals surface area (Å²) in [5.74, 6) is 0. The van der Waals surface area contributed by atoms with Gasteiger partial charge in [-0.25, -0.2) is 17.9 Å². The molecule has 2 rings (SSSR count). The van der Waals surface area contributed by atoms with E-state index in [4.69, 9.17) is 0 Å². The summed E-state index contributed by atoms with van der Waals surface area (Å²) in [5, 5.41) is 1.71. The number of allylic oxidation sites excluding steroid dienone is 1. The number of nitrogens with zero attached hydrogens (tertiary/aromatic N) is 1. The average molecular weight is 255 g/mol. The first-order valence-corrected chi connectivity index (χ1v) is 6.74. The number of urea groups is 1. The van der Waals surface area contributed by atoms with E-state index in [0.29, 0.717) is 11.4 Å². The Balaban J connectivity index is 2.25. The van der Waals surface area contributed by atoms with E-state index in [0.717, 1.165) is 0 Å². The van der Waals surface area contributed by atoms with E-state index in [2.05, 4.69) is 15.0 Å². The molecular weight excluding hydrogens is 242 g/mol. The molecule has 1 unspecified atom stereocenters. The van der Waals surface area contributed by atoms with Gasteiger partial charge in [-0.1, -0.05) is 6.08 Å². The molecule has 1 aliphatic carbocycles. The molecule has 0 saturated heterocycles. The normalized spacial score (nSPS) is 23.2. The van der Waals surface area contributed by atoms with Crippen LogP contribution >= 0.6 is 0 Å². The third kappa shape index (κ3) is 2.45. The Morgan fingerprint density at radius 3 is 2.82 bits per heavy atom. The van der Waals surface area contributed by atoms with Gasteiger partial charge in [0.15, 0.2) is 0 Å². The van der Waals surface area contributed by atoms with Gasteiger partial charge in [-0.15, -0.1) is 0 Å². The second-order valence-corrected chi connectivity index (χ2v) is 6.02. The fourth-order valence-corrected chi connectivity index (χ4v) is 3.05. The summed E-state index contributed by atoms with van der Waals surface area (Å²) < 4.78 is 26.3. The van der Waals surface area contributed by atoms with Gasteiger partial charge in [0.2, 0.25) is 10.0 Å². The van der Waals surface area contributed by atoms with Gasteiger partial charge >= 0.3 is 6.03 Å². The maximum absolute atomic E-state index is 11.9. The second-order valence-electron chi connectivity index (χ2n) is 4.15. The van der Waals surface area contributed by atoms with Gasteiger partial charge in [-0.3, -0.25) is 0 Å². The van der Waals surface area contributed by atoms with Crippen molar-refractivity contribution in [3.63, 3.8) is 0 Å². The average Bonchev–Trinajstić information content (AvgIpc) is 2.54. The number of rotatable bonds is 3. The largest absolute Gasteiger partial charge is 0.346 e. The van der Waals surface area contributed by atoms with Gasteiger partial charge < -0.3 is 5.32 Å². The van der Waals surface area contributed by atoms with Crippen LogP contribution in [0.1, 0.15) is 13.8 Å². The number of nitrogens with one attached hydrogen (secondary N) is 2. The lowest BCUT2D eigenvalue weighted by atomic mass is 10.1. The molecule has 2 N–H and O–H groups in total. The Bertz CT molecular complexity index is 543. The van der Waals surface area contributed by atoms with Crippen molar-refractivity contribution in [2.75, 3.05) is 0 Å². The Hall–Kier alpha value is -1.47. The second kappa shape index (κ2) is 4.08. The van der Waals surface area contributed by atoms with E-state index in [9.17, 15) is 13.2 Å². The van der Waals surface area contributed by atoms with Crippen molar-refractivity contribution in [3.05, 3.63) is 23.9 Å². The molecule has 2 aliphatic rings. The van der Waals surface area contributed by atoms with E-state index in [-0.39, 0.29) is 6.04 Å². The van der Waals surface area contributed by atoms with Crippen molar-refractivity contribution in [2.45, 2.75) is 25.1 Å². The number of aliphatic imine (C=N–C) groups is 1. The van der Waals surface area contributed by atoms with Crippen molar-refractivity contribution < 1.29 is 13.2 Å². The molecule has 17 heavy (non-hydrogen) atoms. The maximum Gasteiger partial charge on any atom is 0.346 e. The third-order valence-corrected chi connectivity index (χ3v) is 4.08. The minimum Gasteiger partial charge on any atom is -0.304 e. The molecule has 0 saturated carbocycles. The third-order valence-electron chi connectivity index (χ3n) is 2.27. The summed E-state index contributed by atoms with van der Waals surface area (Å²) in [6.45, 7) is 3.50. The quantitative estimate of drug-likeness (QED) is 0.760. The van der Waals surface area contributed by atoms with E-state index in [1.165, 1.54) is 18.2 Å². The first-order chi connectivity index (χ1) is 7.88. The molecule has 0 fully saturated rings. The van der Waals surface area contributed by atoms with Crippen LogP contribution in [0.25, 0.3) is 0 Å². The van der Waals surface area contributed by atoms with Crippen LogP contribution in [0.2, 0.25) is 0 Å². The molecule has 1 atom stereocenters. The zero-order chi connectivity index (χ0) is 12.6. The van der Waals surface area contributed by atoms with Crippen LogP contribution < -0.4 is 10.0 Å². The predicted octanol–water partition coefficient (Wildman–Crippen LogP) is 0.301.